The fraction of sp³-hybridized carbons (Fsp3) is 0.355. The molecule has 0 bridgehead atoms. The third kappa shape index (κ3) is 5.15. The van der Waals surface area contributed by atoms with E-state index < -0.39 is 0 Å². The Morgan fingerprint density at radius 3 is 2.28 bits per heavy atom. The molecule has 2 aromatic rings. The first-order valence-corrected chi connectivity index (χ1v) is 12.1. The first-order chi connectivity index (χ1) is 15.4. The van der Waals surface area contributed by atoms with Gasteiger partial charge in [-0.15, -0.1) is 0 Å². The second-order valence-corrected chi connectivity index (χ2v) is 9.88. The summed E-state index contributed by atoms with van der Waals surface area (Å²) in [4.78, 5) is 0. The summed E-state index contributed by atoms with van der Waals surface area (Å²) in [5.74, 6) is 1.38. The van der Waals surface area contributed by atoms with Gasteiger partial charge in [-0.05, 0) is 91.4 Å². The van der Waals surface area contributed by atoms with Crippen LogP contribution in [0.2, 0.25) is 0 Å². The Hall–Kier alpha value is -2.80. The Labute approximate surface area is 194 Å². The Kier molecular flexibility index (Phi) is 6.84. The number of rotatable bonds is 5. The van der Waals surface area contributed by atoms with Crippen LogP contribution in [0.5, 0.6) is 0 Å². The molecule has 1 N–H and O–H groups in total. The topological polar surface area (TPSA) is 12.0 Å². The van der Waals surface area contributed by atoms with Crippen LogP contribution in [-0.4, -0.2) is 6.04 Å². The van der Waals surface area contributed by atoms with Crippen LogP contribution in [0.1, 0.15) is 55.4 Å². The van der Waals surface area contributed by atoms with Crippen molar-refractivity contribution in [2.75, 3.05) is 5.32 Å². The average molecular weight is 424 g/mol. The van der Waals surface area contributed by atoms with Gasteiger partial charge in [0.2, 0.25) is 0 Å². The number of aryl methyl sites for hydroxylation is 3. The van der Waals surface area contributed by atoms with Crippen molar-refractivity contribution >= 4 is 11.3 Å². The van der Waals surface area contributed by atoms with E-state index in [1.165, 1.54) is 57.5 Å². The molecule has 2 aromatic carbocycles. The molecule has 0 radical (unpaired) electrons. The summed E-state index contributed by atoms with van der Waals surface area (Å²) < 4.78 is 0. The largest absolute Gasteiger partial charge is 0.378 e. The maximum atomic E-state index is 3.76. The molecular formula is C31H37N. The maximum Gasteiger partial charge on any atom is 0.0482 e. The number of nitrogens with one attached hydrogen (secondary N) is 1. The molecule has 0 amide bonds. The molecule has 2 aliphatic rings. The molecule has 1 nitrogen and oxygen atoms in total. The van der Waals surface area contributed by atoms with E-state index in [1.54, 1.807) is 0 Å². The summed E-state index contributed by atoms with van der Waals surface area (Å²) >= 11 is 0. The lowest BCUT2D eigenvalue weighted by molar-refractivity contribution is 0.438. The minimum atomic E-state index is 0.334. The minimum Gasteiger partial charge on any atom is -0.378 e. The van der Waals surface area contributed by atoms with Crippen molar-refractivity contribution in [3.63, 3.8) is 0 Å². The summed E-state index contributed by atoms with van der Waals surface area (Å²) in [6.07, 6.45) is 15.3. The first-order valence-electron chi connectivity index (χ1n) is 12.1. The lowest BCUT2D eigenvalue weighted by atomic mass is 9.77. The van der Waals surface area contributed by atoms with Crippen LogP contribution >= 0.6 is 0 Å². The Balaban J connectivity index is 1.57. The van der Waals surface area contributed by atoms with Crippen LogP contribution < -0.4 is 5.32 Å². The fourth-order valence-corrected chi connectivity index (χ4v) is 5.29. The monoisotopic (exact) mass is 423 g/mol. The van der Waals surface area contributed by atoms with E-state index in [4.69, 9.17) is 0 Å². The summed E-state index contributed by atoms with van der Waals surface area (Å²) in [5.41, 5.74) is 10.8. The van der Waals surface area contributed by atoms with Crippen LogP contribution in [0.15, 0.2) is 84.0 Å². The smallest absolute Gasteiger partial charge is 0.0482 e. The van der Waals surface area contributed by atoms with E-state index in [0.29, 0.717) is 12.0 Å². The highest BCUT2D eigenvalue weighted by Crippen LogP contribution is 2.38. The Morgan fingerprint density at radius 1 is 0.938 bits per heavy atom. The van der Waals surface area contributed by atoms with Gasteiger partial charge in [-0.25, -0.2) is 0 Å². The summed E-state index contributed by atoms with van der Waals surface area (Å²) in [6.45, 7) is 11.3. The second-order valence-electron chi connectivity index (χ2n) is 9.88. The van der Waals surface area contributed by atoms with Crippen LogP contribution in [0.4, 0.5) is 5.69 Å². The zero-order valence-electron chi connectivity index (χ0n) is 20.3. The van der Waals surface area contributed by atoms with Gasteiger partial charge in [0, 0.05) is 11.7 Å². The van der Waals surface area contributed by atoms with Crippen molar-refractivity contribution in [3.8, 4) is 0 Å². The van der Waals surface area contributed by atoms with Gasteiger partial charge in [0.05, 0.1) is 0 Å². The highest BCUT2D eigenvalue weighted by molar-refractivity contribution is 5.82. The quantitative estimate of drug-likeness (QED) is 0.509. The van der Waals surface area contributed by atoms with Crippen molar-refractivity contribution in [3.05, 3.63) is 106 Å². The molecular weight excluding hydrogens is 386 g/mol. The molecule has 4 rings (SSSR count). The highest BCUT2D eigenvalue weighted by Gasteiger charge is 2.22. The number of allylic oxidation sites excluding steroid dienone is 6. The van der Waals surface area contributed by atoms with Crippen molar-refractivity contribution in [2.24, 2.45) is 11.8 Å². The van der Waals surface area contributed by atoms with Crippen LogP contribution in [-0.2, 0) is 0 Å². The van der Waals surface area contributed by atoms with Gasteiger partial charge in [0.15, 0.2) is 0 Å². The predicted molar refractivity (Wildman–Crippen MR) is 140 cm³/mol. The third-order valence-corrected chi connectivity index (χ3v) is 6.87. The van der Waals surface area contributed by atoms with E-state index in [9.17, 15) is 0 Å². The van der Waals surface area contributed by atoms with Gasteiger partial charge in [-0.1, -0.05) is 86.2 Å². The molecule has 0 aromatic heterocycles. The number of anilines is 1. The van der Waals surface area contributed by atoms with Crippen LogP contribution in [0.3, 0.4) is 0 Å². The molecule has 3 atom stereocenters. The van der Waals surface area contributed by atoms with E-state index >= 15 is 0 Å². The van der Waals surface area contributed by atoms with Gasteiger partial charge >= 0.3 is 0 Å². The van der Waals surface area contributed by atoms with Crippen LogP contribution in [0, 0.1) is 32.6 Å². The molecule has 0 saturated heterocycles. The fourth-order valence-electron chi connectivity index (χ4n) is 5.29. The summed E-state index contributed by atoms with van der Waals surface area (Å²) in [6, 6.07) is 15.8. The zero-order chi connectivity index (χ0) is 22.7. The molecule has 0 spiro atoms. The Bertz CT molecular complexity index is 1060. The second kappa shape index (κ2) is 9.77. The number of hydrogen-bond acceptors (Lipinski definition) is 1. The molecule has 3 unspecified atom stereocenters. The summed E-state index contributed by atoms with van der Waals surface area (Å²) in [7, 11) is 0. The third-order valence-electron chi connectivity index (χ3n) is 6.87. The lowest BCUT2D eigenvalue weighted by Gasteiger charge is -2.28. The average Bonchev–Trinajstić information content (AvgIpc) is 2.76. The molecule has 1 heteroatoms. The van der Waals surface area contributed by atoms with Crippen LogP contribution in [0.25, 0.3) is 5.57 Å². The van der Waals surface area contributed by atoms with Gasteiger partial charge in [0.25, 0.3) is 0 Å². The number of hydrogen-bond donors (Lipinski definition) is 1. The van der Waals surface area contributed by atoms with E-state index in [2.05, 4.69) is 113 Å². The molecule has 0 aliphatic heterocycles. The SMILES string of the molecule is Cc1cc(C)c(NC2C=CC(C=C(C3=CCC(C)CC3C)c3ccccc3)=CC2)c(C)c1. The van der Waals surface area contributed by atoms with Gasteiger partial charge < -0.3 is 5.32 Å². The normalized spacial score (nSPS) is 23.5. The molecule has 2 aliphatic carbocycles. The highest BCUT2D eigenvalue weighted by atomic mass is 14.9. The molecule has 166 valence electrons. The predicted octanol–water partition coefficient (Wildman–Crippen LogP) is 8.35. The molecule has 0 saturated carbocycles. The molecule has 0 heterocycles. The van der Waals surface area contributed by atoms with Gasteiger partial charge in [0.1, 0.15) is 0 Å². The van der Waals surface area contributed by atoms with Crippen molar-refractivity contribution in [2.45, 2.75) is 59.9 Å². The molecule has 32 heavy (non-hydrogen) atoms. The van der Waals surface area contributed by atoms with E-state index in [-0.39, 0.29) is 0 Å². The maximum absolute atomic E-state index is 3.76. The zero-order valence-corrected chi connectivity index (χ0v) is 20.3. The van der Waals surface area contributed by atoms with Gasteiger partial charge in [-0.2, -0.15) is 0 Å². The van der Waals surface area contributed by atoms with E-state index in [0.717, 1.165) is 12.3 Å². The lowest BCUT2D eigenvalue weighted by Crippen LogP contribution is -2.19. The van der Waals surface area contributed by atoms with Crippen molar-refractivity contribution in [1.82, 2.24) is 0 Å². The standard InChI is InChI=1S/C31H37N/c1-21-11-16-29(23(3)17-21)30(27-9-7-6-8-10-27)20-26-12-14-28(15-13-26)32-31-24(4)18-22(2)19-25(31)5/h6-10,12-14,16,18-21,23,28,32H,11,15,17H2,1-5H3. The Morgan fingerprint density at radius 2 is 1.66 bits per heavy atom. The molecule has 0 fully saturated rings. The van der Waals surface area contributed by atoms with E-state index in [1.807, 2.05) is 0 Å². The van der Waals surface area contributed by atoms with Crippen molar-refractivity contribution in [1.29, 1.82) is 0 Å². The number of benzene rings is 2. The first kappa shape index (κ1) is 22.4. The van der Waals surface area contributed by atoms with Gasteiger partial charge in [-0.3, -0.25) is 0 Å². The summed E-state index contributed by atoms with van der Waals surface area (Å²) in [5, 5.41) is 3.76. The van der Waals surface area contributed by atoms with Crippen molar-refractivity contribution < 1.29 is 0 Å². The minimum absolute atomic E-state index is 0.334.